The van der Waals surface area contributed by atoms with Gasteiger partial charge in [0, 0.05) is 17.8 Å². The van der Waals surface area contributed by atoms with Crippen LogP contribution in [0.5, 0.6) is 0 Å². The fourth-order valence-electron chi connectivity index (χ4n) is 0.895. The van der Waals surface area contributed by atoms with Crippen LogP contribution in [0.3, 0.4) is 0 Å². The molecule has 2 aromatic rings. The summed E-state index contributed by atoms with van der Waals surface area (Å²) in [5, 5.41) is 10.9. The third-order valence-electron chi connectivity index (χ3n) is 1.47. The Labute approximate surface area is 84.1 Å². The van der Waals surface area contributed by atoms with Gasteiger partial charge in [0.1, 0.15) is 0 Å². The first-order valence-electron chi connectivity index (χ1n) is 3.56. The lowest BCUT2D eigenvalue weighted by molar-refractivity contribution is 0.592. The second-order valence-electron chi connectivity index (χ2n) is 2.46. The maximum absolute atomic E-state index is 10.9. The number of hydrogen-bond acceptors (Lipinski definition) is 5. The Morgan fingerprint density at radius 2 is 2.29 bits per heavy atom. The minimum Gasteiger partial charge on any atom is -0.227 e. The molecular formula is C6H6N4O2S2. The molecule has 0 unspecified atom stereocenters. The van der Waals surface area contributed by atoms with E-state index < -0.39 is 10.0 Å². The summed E-state index contributed by atoms with van der Waals surface area (Å²) in [5.41, 5.74) is 0. The van der Waals surface area contributed by atoms with Crippen molar-refractivity contribution in [3.05, 3.63) is 23.8 Å². The molecule has 2 aromatic heterocycles. The summed E-state index contributed by atoms with van der Waals surface area (Å²) >= 11 is 1.35. The molecule has 6 nitrogen and oxygen atoms in total. The smallest absolute Gasteiger partial charge is 0.227 e. The van der Waals surface area contributed by atoms with Crippen molar-refractivity contribution in [2.45, 2.75) is 5.03 Å². The number of nitrogens with zero attached hydrogens (tertiary/aromatic N) is 3. The van der Waals surface area contributed by atoms with Gasteiger partial charge < -0.3 is 0 Å². The predicted molar refractivity (Wildman–Crippen MR) is 50.6 cm³/mol. The van der Waals surface area contributed by atoms with Gasteiger partial charge in [-0.25, -0.2) is 23.2 Å². The van der Waals surface area contributed by atoms with E-state index in [2.05, 4.69) is 10.1 Å². The van der Waals surface area contributed by atoms with Gasteiger partial charge in [0.25, 0.3) is 10.0 Å². The second kappa shape index (κ2) is 3.15. The summed E-state index contributed by atoms with van der Waals surface area (Å²) in [7, 11) is -3.73. The van der Waals surface area contributed by atoms with Crippen molar-refractivity contribution in [2.24, 2.45) is 5.14 Å². The van der Waals surface area contributed by atoms with Gasteiger partial charge in [-0.15, -0.1) is 11.3 Å². The van der Waals surface area contributed by atoms with E-state index in [0.29, 0.717) is 5.13 Å². The number of rotatable bonds is 2. The van der Waals surface area contributed by atoms with Crippen molar-refractivity contribution in [3.63, 3.8) is 0 Å². The zero-order valence-electron chi connectivity index (χ0n) is 6.86. The highest BCUT2D eigenvalue weighted by Gasteiger charge is 2.12. The number of thiazole rings is 1. The Morgan fingerprint density at radius 1 is 1.50 bits per heavy atom. The van der Waals surface area contributed by atoms with E-state index in [-0.39, 0.29) is 5.03 Å². The number of primary sulfonamides is 1. The summed E-state index contributed by atoms with van der Waals surface area (Å²) < 4.78 is 23.2. The van der Waals surface area contributed by atoms with Crippen LogP contribution in [0.4, 0.5) is 0 Å². The monoisotopic (exact) mass is 230 g/mol. The molecule has 2 rings (SSSR count). The standard InChI is InChI=1S/C6H6N4O2S2/c7-14(11,12)5-1-3-10(9-5)6-8-2-4-13-6/h1-4H,(H2,7,11,12). The molecule has 0 radical (unpaired) electrons. The first-order chi connectivity index (χ1) is 6.57. The summed E-state index contributed by atoms with van der Waals surface area (Å²) in [6.45, 7) is 0. The van der Waals surface area contributed by atoms with Crippen LogP contribution in [0.1, 0.15) is 0 Å². The number of nitrogens with two attached hydrogens (primary N) is 1. The van der Waals surface area contributed by atoms with E-state index in [9.17, 15) is 8.42 Å². The van der Waals surface area contributed by atoms with Crippen molar-refractivity contribution >= 4 is 21.4 Å². The first-order valence-corrected chi connectivity index (χ1v) is 5.98. The van der Waals surface area contributed by atoms with Crippen molar-refractivity contribution in [1.29, 1.82) is 0 Å². The number of sulfonamides is 1. The van der Waals surface area contributed by atoms with Crippen LogP contribution in [-0.4, -0.2) is 23.2 Å². The van der Waals surface area contributed by atoms with Crippen molar-refractivity contribution < 1.29 is 8.42 Å². The van der Waals surface area contributed by atoms with Crippen LogP contribution < -0.4 is 5.14 Å². The van der Waals surface area contributed by atoms with E-state index >= 15 is 0 Å². The highest BCUT2D eigenvalue weighted by molar-refractivity contribution is 7.89. The van der Waals surface area contributed by atoms with E-state index in [1.807, 2.05) is 0 Å². The Hall–Kier alpha value is -1.25. The molecule has 0 saturated carbocycles. The normalized spacial score (nSPS) is 11.8. The maximum Gasteiger partial charge on any atom is 0.257 e. The third kappa shape index (κ3) is 1.67. The summed E-state index contributed by atoms with van der Waals surface area (Å²) in [6.07, 6.45) is 3.11. The van der Waals surface area contributed by atoms with E-state index in [0.717, 1.165) is 0 Å². The molecule has 0 saturated heterocycles. The van der Waals surface area contributed by atoms with Gasteiger partial charge in [-0.3, -0.25) is 0 Å². The van der Waals surface area contributed by atoms with Gasteiger partial charge in [0.05, 0.1) is 0 Å². The quantitative estimate of drug-likeness (QED) is 0.784. The molecule has 0 aromatic carbocycles. The maximum atomic E-state index is 10.9. The van der Waals surface area contributed by atoms with Gasteiger partial charge in [-0.2, -0.15) is 5.10 Å². The van der Waals surface area contributed by atoms with Crippen LogP contribution in [0.2, 0.25) is 0 Å². The molecule has 2 N–H and O–H groups in total. The van der Waals surface area contributed by atoms with Crippen LogP contribution in [0.15, 0.2) is 28.9 Å². The molecule has 0 aliphatic rings. The summed E-state index contributed by atoms with van der Waals surface area (Å²) in [5.74, 6) is 0. The van der Waals surface area contributed by atoms with Crippen LogP contribution in [0.25, 0.3) is 5.13 Å². The molecule has 0 spiro atoms. The molecule has 74 valence electrons. The van der Waals surface area contributed by atoms with Gasteiger partial charge in [0.15, 0.2) is 5.03 Å². The lowest BCUT2D eigenvalue weighted by Crippen LogP contribution is -2.13. The SMILES string of the molecule is NS(=O)(=O)c1ccn(-c2nccs2)n1. The van der Waals surface area contributed by atoms with Gasteiger partial charge in [-0.1, -0.05) is 0 Å². The van der Waals surface area contributed by atoms with E-state index in [1.165, 1.54) is 28.3 Å². The van der Waals surface area contributed by atoms with Crippen molar-refractivity contribution in [1.82, 2.24) is 14.8 Å². The van der Waals surface area contributed by atoms with Gasteiger partial charge in [0.2, 0.25) is 5.13 Å². The predicted octanol–water partition coefficient (Wildman–Crippen LogP) is -0.0238. The third-order valence-corrected chi connectivity index (χ3v) is 3.03. The average molecular weight is 230 g/mol. The molecule has 0 aliphatic heterocycles. The molecule has 8 heteroatoms. The van der Waals surface area contributed by atoms with Gasteiger partial charge in [-0.05, 0) is 6.07 Å². The van der Waals surface area contributed by atoms with Crippen molar-refractivity contribution in [2.75, 3.05) is 0 Å². The average Bonchev–Trinajstić information content (AvgIpc) is 2.73. The van der Waals surface area contributed by atoms with E-state index in [1.54, 1.807) is 11.6 Å². The minimum absolute atomic E-state index is 0.160. The van der Waals surface area contributed by atoms with Crippen LogP contribution in [-0.2, 0) is 10.0 Å². The molecule has 0 fully saturated rings. The lowest BCUT2D eigenvalue weighted by Gasteiger charge is -1.92. The Bertz CT molecular complexity index is 528. The zero-order chi connectivity index (χ0) is 10.2. The number of hydrogen-bond donors (Lipinski definition) is 1. The zero-order valence-corrected chi connectivity index (χ0v) is 8.49. The molecule has 0 aliphatic carbocycles. The fraction of sp³-hybridized carbons (Fsp3) is 0. The van der Waals surface area contributed by atoms with Crippen molar-refractivity contribution in [3.8, 4) is 5.13 Å². The molecule has 2 heterocycles. The Balaban J connectivity index is 2.46. The van der Waals surface area contributed by atoms with E-state index in [4.69, 9.17) is 5.14 Å². The van der Waals surface area contributed by atoms with Crippen LogP contribution in [0, 0.1) is 0 Å². The highest BCUT2D eigenvalue weighted by atomic mass is 32.2. The molecule has 14 heavy (non-hydrogen) atoms. The Kier molecular flexibility index (Phi) is 2.10. The topological polar surface area (TPSA) is 90.9 Å². The minimum atomic E-state index is -3.73. The largest absolute Gasteiger partial charge is 0.257 e. The molecule has 0 atom stereocenters. The molecular weight excluding hydrogens is 224 g/mol. The molecule has 0 bridgehead atoms. The van der Waals surface area contributed by atoms with Crippen LogP contribution >= 0.6 is 11.3 Å². The highest BCUT2D eigenvalue weighted by Crippen LogP contribution is 2.11. The Morgan fingerprint density at radius 3 is 2.79 bits per heavy atom. The summed E-state index contributed by atoms with van der Waals surface area (Å²) in [4.78, 5) is 3.97. The second-order valence-corrected chi connectivity index (χ2v) is 4.84. The number of aromatic nitrogens is 3. The summed E-state index contributed by atoms with van der Waals surface area (Å²) in [6, 6.07) is 1.33. The fourth-order valence-corrected chi connectivity index (χ4v) is 1.92. The lowest BCUT2D eigenvalue weighted by atomic mass is 10.7. The first kappa shape index (κ1) is 9.31. The molecule has 0 amide bonds. The van der Waals surface area contributed by atoms with Gasteiger partial charge >= 0.3 is 0 Å².